The molecule has 0 unspecified atom stereocenters. The topological polar surface area (TPSA) is 84.2 Å². The third-order valence-electron chi connectivity index (χ3n) is 4.58. The second kappa shape index (κ2) is 9.97. The first-order chi connectivity index (χ1) is 10.1. The normalized spacial score (nSPS) is 22.5. The smallest absolute Gasteiger partial charge is 0.407 e. The van der Waals surface area contributed by atoms with Gasteiger partial charge in [-0.3, -0.25) is 4.90 Å². The van der Waals surface area contributed by atoms with Crippen LogP contribution in [-0.2, 0) is 0 Å². The Morgan fingerprint density at radius 3 is 2.10 bits per heavy atom. The lowest BCUT2D eigenvalue weighted by Crippen LogP contribution is -2.38. The van der Waals surface area contributed by atoms with Crippen LogP contribution in [0.2, 0.25) is 0 Å². The Kier molecular flexibility index (Phi) is 8.64. The van der Waals surface area contributed by atoms with Gasteiger partial charge in [-0.05, 0) is 51.0 Å². The molecular weight excluding hydrogens is 272 g/mol. The Balaban J connectivity index is 2.19. The lowest BCUT2D eigenvalue weighted by molar-refractivity contribution is 0.116. The summed E-state index contributed by atoms with van der Waals surface area (Å²) < 4.78 is 0. The van der Waals surface area contributed by atoms with E-state index in [1.54, 1.807) is 7.05 Å². The van der Waals surface area contributed by atoms with Crippen molar-refractivity contribution < 1.29 is 20.1 Å². The zero-order valence-corrected chi connectivity index (χ0v) is 13.1. The van der Waals surface area contributed by atoms with E-state index in [0.29, 0.717) is 19.0 Å². The number of nitrogens with zero attached hydrogens (tertiary/aromatic N) is 2. The summed E-state index contributed by atoms with van der Waals surface area (Å²) in [6, 6.07) is 0.180. The zero-order chi connectivity index (χ0) is 15.7. The molecule has 0 saturated heterocycles. The molecule has 0 atom stereocenters. The lowest BCUT2D eigenvalue weighted by atomic mass is 9.83. The van der Waals surface area contributed by atoms with Crippen LogP contribution in [0.5, 0.6) is 0 Å². The molecule has 0 aromatic rings. The van der Waals surface area contributed by atoms with Gasteiger partial charge in [0.05, 0.1) is 13.2 Å². The highest BCUT2D eigenvalue weighted by Crippen LogP contribution is 2.30. The maximum atomic E-state index is 10.9. The third-order valence-corrected chi connectivity index (χ3v) is 4.58. The van der Waals surface area contributed by atoms with Gasteiger partial charge in [0.15, 0.2) is 0 Å². The molecule has 124 valence electrons. The van der Waals surface area contributed by atoms with Crippen molar-refractivity contribution in [2.75, 3.05) is 39.9 Å². The van der Waals surface area contributed by atoms with Crippen LogP contribution in [-0.4, -0.2) is 77.2 Å². The molecule has 1 amide bonds. The van der Waals surface area contributed by atoms with E-state index >= 15 is 0 Å². The SMILES string of the molecule is CN(C(=O)O)C1CCC(CCCN(CCO)CCO)CC1. The van der Waals surface area contributed by atoms with Crippen molar-refractivity contribution in [3.63, 3.8) is 0 Å². The molecule has 1 aliphatic rings. The first-order valence-electron chi connectivity index (χ1n) is 7.98. The van der Waals surface area contributed by atoms with Gasteiger partial charge in [-0.1, -0.05) is 0 Å². The maximum Gasteiger partial charge on any atom is 0.407 e. The number of aliphatic hydroxyl groups excluding tert-OH is 2. The molecule has 0 bridgehead atoms. The van der Waals surface area contributed by atoms with Crippen molar-refractivity contribution in [2.24, 2.45) is 5.92 Å². The first kappa shape index (κ1) is 18.2. The van der Waals surface area contributed by atoms with Gasteiger partial charge < -0.3 is 20.2 Å². The lowest BCUT2D eigenvalue weighted by Gasteiger charge is -2.33. The van der Waals surface area contributed by atoms with Crippen LogP contribution in [0, 0.1) is 5.92 Å². The fourth-order valence-electron chi connectivity index (χ4n) is 3.20. The molecule has 1 fully saturated rings. The predicted octanol–water partition coefficient (Wildman–Crippen LogP) is 1.22. The van der Waals surface area contributed by atoms with Crippen molar-refractivity contribution in [1.82, 2.24) is 9.80 Å². The van der Waals surface area contributed by atoms with Gasteiger partial charge >= 0.3 is 6.09 Å². The minimum Gasteiger partial charge on any atom is -0.465 e. The van der Waals surface area contributed by atoms with Crippen LogP contribution in [0.15, 0.2) is 0 Å². The molecule has 21 heavy (non-hydrogen) atoms. The summed E-state index contributed by atoms with van der Waals surface area (Å²) in [5.41, 5.74) is 0. The van der Waals surface area contributed by atoms with Gasteiger partial charge in [0, 0.05) is 26.2 Å². The summed E-state index contributed by atoms with van der Waals surface area (Å²) in [4.78, 5) is 14.5. The van der Waals surface area contributed by atoms with Crippen LogP contribution in [0.25, 0.3) is 0 Å². The van der Waals surface area contributed by atoms with E-state index < -0.39 is 6.09 Å². The molecule has 0 heterocycles. The van der Waals surface area contributed by atoms with Crippen molar-refractivity contribution in [3.05, 3.63) is 0 Å². The van der Waals surface area contributed by atoms with Crippen molar-refractivity contribution in [2.45, 2.75) is 44.6 Å². The quantitative estimate of drug-likeness (QED) is 0.596. The summed E-state index contributed by atoms with van der Waals surface area (Å²) in [7, 11) is 1.66. The standard InChI is InChI=1S/C15H30N2O4/c1-16(15(20)21)14-6-4-13(5-7-14)3-2-8-17(9-11-18)10-12-19/h13-14,18-19H,2-12H2,1H3,(H,20,21). The Morgan fingerprint density at radius 1 is 1.05 bits per heavy atom. The number of carbonyl (C=O) groups is 1. The molecule has 1 rings (SSSR count). The van der Waals surface area contributed by atoms with Crippen molar-refractivity contribution >= 4 is 6.09 Å². The van der Waals surface area contributed by atoms with Gasteiger partial charge in [0.2, 0.25) is 0 Å². The molecular formula is C15H30N2O4. The largest absolute Gasteiger partial charge is 0.465 e. The van der Waals surface area contributed by atoms with E-state index in [-0.39, 0.29) is 19.3 Å². The number of rotatable bonds is 9. The number of hydrogen-bond acceptors (Lipinski definition) is 4. The van der Waals surface area contributed by atoms with Crippen molar-refractivity contribution in [1.29, 1.82) is 0 Å². The number of hydrogen-bond donors (Lipinski definition) is 3. The second-order valence-electron chi connectivity index (χ2n) is 6.00. The summed E-state index contributed by atoms with van der Waals surface area (Å²) in [5, 5.41) is 26.9. The minimum absolute atomic E-state index is 0.132. The second-order valence-corrected chi connectivity index (χ2v) is 6.00. The van der Waals surface area contributed by atoms with E-state index in [1.807, 2.05) is 0 Å². The van der Waals surface area contributed by atoms with Gasteiger partial charge in [-0.25, -0.2) is 4.79 Å². The predicted molar refractivity (Wildman–Crippen MR) is 81.4 cm³/mol. The van der Waals surface area contributed by atoms with Crippen LogP contribution < -0.4 is 0 Å². The van der Waals surface area contributed by atoms with E-state index in [4.69, 9.17) is 15.3 Å². The first-order valence-corrected chi connectivity index (χ1v) is 7.98. The van der Waals surface area contributed by atoms with E-state index in [0.717, 1.165) is 45.1 Å². The average Bonchev–Trinajstić information content (AvgIpc) is 2.47. The van der Waals surface area contributed by atoms with Gasteiger partial charge in [-0.2, -0.15) is 0 Å². The number of aliphatic hydroxyl groups is 2. The molecule has 0 aliphatic heterocycles. The Hall–Kier alpha value is -0.850. The maximum absolute atomic E-state index is 10.9. The van der Waals surface area contributed by atoms with E-state index in [1.165, 1.54) is 4.90 Å². The van der Waals surface area contributed by atoms with E-state index in [9.17, 15) is 4.79 Å². The summed E-state index contributed by atoms with van der Waals surface area (Å²) in [5.74, 6) is 0.688. The van der Waals surface area contributed by atoms with Crippen LogP contribution in [0.1, 0.15) is 38.5 Å². The molecule has 0 spiro atoms. The zero-order valence-electron chi connectivity index (χ0n) is 13.1. The molecule has 6 nitrogen and oxygen atoms in total. The molecule has 0 aromatic carbocycles. The molecule has 6 heteroatoms. The van der Waals surface area contributed by atoms with Crippen LogP contribution >= 0.6 is 0 Å². The molecule has 1 aliphatic carbocycles. The van der Waals surface area contributed by atoms with Crippen molar-refractivity contribution in [3.8, 4) is 0 Å². The minimum atomic E-state index is -0.831. The molecule has 0 radical (unpaired) electrons. The van der Waals surface area contributed by atoms with Crippen LogP contribution in [0.3, 0.4) is 0 Å². The highest BCUT2D eigenvalue weighted by molar-refractivity contribution is 5.64. The van der Waals surface area contributed by atoms with E-state index in [2.05, 4.69) is 4.90 Å². The summed E-state index contributed by atoms with van der Waals surface area (Å²) in [6.07, 6.45) is 5.52. The Labute approximate surface area is 127 Å². The van der Waals surface area contributed by atoms with Gasteiger partial charge in [-0.15, -0.1) is 0 Å². The number of carboxylic acid groups (broad SMARTS) is 1. The molecule has 1 saturated carbocycles. The fraction of sp³-hybridized carbons (Fsp3) is 0.933. The Morgan fingerprint density at radius 2 is 1.62 bits per heavy atom. The number of amides is 1. The molecule has 0 aromatic heterocycles. The highest BCUT2D eigenvalue weighted by Gasteiger charge is 2.26. The van der Waals surface area contributed by atoms with Crippen LogP contribution in [0.4, 0.5) is 4.79 Å². The fourth-order valence-corrected chi connectivity index (χ4v) is 3.20. The average molecular weight is 302 g/mol. The highest BCUT2D eigenvalue weighted by atomic mass is 16.4. The van der Waals surface area contributed by atoms with Gasteiger partial charge in [0.1, 0.15) is 0 Å². The Bertz CT molecular complexity index is 287. The third kappa shape index (κ3) is 6.63. The summed E-state index contributed by atoms with van der Waals surface area (Å²) >= 11 is 0. The summed E-state index contributed by atoms with van der Waals surface area (Å²) in [6.45, 7) is 2.42. The molecule has 3 N–H and O–H groups in total. The van der Waals surface area contributed by atoms with Gasteiger partial charge in [0.25, 0.3) is 0 Å². The monoisotopic (exact) mass is 302 g/mol.